The van der Waals surface area contributed by atoms with Crippen LogP contribution in [0.1, 0.15) is 46.7 Å². The van der Waals surface area contributed by atoms with Gasteiger partial charge >= 0.3 is 12.1 Å². The lowest BCUT2D eigenvalue weighted by atomic mass is 9.85. The summed E-state index contributed by atoms with van der Waals surface area (Å²) in [5.74, 6) is -3.34. The molecule has 2 unspecified atom stereocenters. The molecule has 0 radical (unpaired) electrons. The number of aromatic carboxylic acids is 1. The molecule has 1 heterocycles. The van der Waals surface area contributed by atoms with Gasteiger partial charge in [0, 0.05) is 6.04 Å². The van der Waals surface area contributed by atoms with E-state index in [1.54, 1.807) is 0 Å². The topological polar surface area (TPSA) is 92.2 Å². The third-order valence-corrected chi connectivity index (χ3v) is 3.58. The van der Waals surface area contributed by atoms with E-state index in [9.17, 15) is 22.8 Å². The van der Waals surface area contributed by atoms with Crippen molar-refractivity contribution in [3.05, 3.63) is 23.8 Å². The molecule has 2 atom stereocenters. The number of carbonyl (C=O) groups is 2. The van der Waals surface area contributed by atoms with Gasteiger partial charge in [-0.05, 0) is 19.3 Å². The molecule has 0 aliphatic heterocycles. The van der Waals surface area contributed by atoms with Crippen LogP contribution < -0.4 is 5.32 Å². The first-order valence-corrected chi connectivity index (χ1v) is 6.70. The van der Waals surface area contributed by atoms with E-state index in [1.165, 1.54) is 0 Å². The quantitative estimate of drug-likeness (QED) is 0.890. The predicted molar refractivity (Wildman–Crippen MR) is 68.3 cm³/mol. The van der Waals surface area contributed by atoms with Gasteiger partial charge in [-0.3, -0.25) is 4.79 Å². The summed E-state index contributed by atoms with van der Waals surface area (Å²) in [7, 11) is 0. The van der Waals surface area contributed by atoms with Gasteiger partial charge in [-0.2, -0.15) is 13.2 Å². The molecule has 0 aromatic carbocycles. The highest BCUT2D eigenvalue weighted by Crippen LogP contribution is 2.37. The maximum Gasteiger partial charge on any atom is 0.391 e. The van der Waals surface area contributed by atoms with Gasteiger partial charge in [0.15, 0.2) is 5.69 Å². The van der Waals surface area contributed by atoms with Crippen LogP contribution in [0.3, 0.4) is 0 Å². The summed E-state index contributed by atoms with van der Waals surface area (Å²) in [6, 6.07) is -0.575. The molecule has 1 saturated carbocycles. The summed E-state index contributed by atoms with van der Waals surface area (Å²) in [5.41, 5.74) is -0.439. The highest BCUT2D eigenvalue weighted by molar-refractivity contribution is 5.92. The minimum atomic E-state index is -4.26. The summed E-state index contributed by atoms with van der Waals surface area (Å²) in [6.45, 7) is 0. The van der Waals surface area contributed by atoms with Gasteiger partial charge in [-0.25, -0.2) is 14.8 Å². The van der Waals surface area contributed by atoms with Crippen molar-refractivity contribution in [2.45, 2.75) is 37.9 Å². The van der Waals surface area contributed by atoms with E-state index in [2.05, 4.69) is 15.3 Å². The van der Waals surface area contributed by atoms with Gasteiger partial charge in [0.2, 0.25) is 0 Å². The molecule has 0 spiro atoms. The molecule has 1 aliphatic carbocycles. The smallest absolute Gasteiger partial charge is 0.391 e. The zero-order valence-corrected chi connectivity index (χ0v) is 11.4. The Labute approximate surface area is 123 Å². The zero-order chi connectivity index (χ0) is 16.3. The lowest BCUT2D eigenvalue weighted by Crippen LogP contribution is -2.41. The molecule has 9 heteroatoms. The fraction of sp³-hybridized carbons (Fsp3) is 0.538. The van der Waals surface area contributed by atoms with Crippen molar-refractivity contribution in [2.75, 3.05) is 0 Å². The summed E-state index contributed by atoms with van der Waals surface area (Å²) < 4.78 is 38.1. The van der Waals surface area contributed by atoms with E-state index in [1.807, 2.05) is 0 Å². The van der Waals surface area contributed by atoms with Crippen LogP contribution in [0.5, 0.6) is 0 Å². The van der Waals surface area contributed by atoms with Gasteiger partial charge in [0.1, 0.15) is 5.69 Å². The minimum absolute atomic E-state index is 0.0724. The summed E-state index contributed by atoms with van der Waals surface area (Å²) in [4.78, 5) is 29.7. The Morgan fingerprint density at radius 1 is 1.18 bits per heavy atom. The number of rotatable bonds is 3. The van der Waals surface area contributed by atoms with Crippen molar-refractivity contribution in [3.8, 4) is 0 Å². The number of hydrogen-bond donors (Lipinski definition) is 2. The van der Waals surface area contributed by atoms with Crippen LogP contribution in [0.15, 0.2) is 12.4 Å². The van der Waals surface area contributed by atoms with Crippen molar-refractivity contribution < 1.29 is 27.9 Å². The molecule has 1 aromatic rings. The SMILES string of the molecule is O=C(O)c1cnc(C(=O)NC2CCCC(C(F)(F)F)C2)cn1. The Balaban J connectivity index is 1.98. The number of carboxylic acids is 1. The average Bonchev–Trinajstić information content (AvgIpc) is 2.46. The number of halogens is 3. The van der Waals surface area contributed by atoms with Crippen LogP contribution in [-0.2, 0) is 0 Å². The fourth-order valence-corrected chi connectivity index (χ4v) is 2.43. The molecule has 1 amide bonds. The Kier molecular flexibility index (Phi) is 4.62. The Bertz CT molecular complexity index is 560. The second-order valence-electron chi connectivity index (χ2n) is 5.17. The summed E-state index contributed by atoms with van der Waals surface area (Å²) in [5, 5.41) is 11.2. The van der Waals surface area contributed by atoms with E-state index < -0.39 is 30.0 Å². The third kappa shape index (κ3) is 3.92. The van der Waals surface area contributed by atoms with E-state index in [4.69, 9.17) is 5.11 Å². The lowest BCUT2D eigenvalue weighted by Gasteiger charge is -2.30. The maximum absolute atomic E-state index is 12.7. The second-order valence-corrected chi connectivity index (χ2v) is 5.17. The zero-order valence-electron chi connectivity index (χ0n) is 11.4. The Hall–Kier alpha value is -2.19. The van der Waals surface area contributed by atoms with E-state index in [-0.39, 0.29) is 24.2 Å². The monoisotopic (exact) mass is 317 g/mol. The molecule has 1 fully saturated rings. The predicted octanol–water partition coefficient (Wildman–Crippen LogP) is 2.03. The van der Waals surface area contributed by atoms with Gasteiger partial charge in [-0.1, -0.05) is 6.42 Å². The van der Waals surface area contributed by atoms with Crippen molar-refractivity contribution in [3.63, 3.8) is 0 Å². The van der Waals surface area contributed by atoms with E-state index in [0.29, 0.717) is 12.8 Å². The van der Waals surface area contributed by atoms with Crippen LogP contribution in [0.4, 0.5) is 13.2 Å². The molecule has 22 heavy (non-hydrogen) atoms. The number of alkyl halides is 3. The molecule has 0 bridgehead atoms. The number of nitrogens with zero attached hydrogens (tertiary/aromatic N) is 2. The standard InChI is InChI=1S/C13H14F3N3O3/c14-13(15,16)7-2-1-3-8(4-7)19-11(20)9-5-18-10(6-17-9)12(21)22/h5-8H,1-4H2,(H,19,20)(H,21,22). The summed E-state index contributed by atoms with van der Waals surface area (Å²) in [6.07, 6.45) is -1.57. The van der Waals surface area contributed by atoms with Crippen molar-refractivity contribution >= 4 is 11.9 Å². The normalized spacial score (nSPS) is 22.1. The molecule has 2 rings (SSSR count). The highest BCUT2D eigenvalue weighted by atomic mass is 19.4. The molecule has 120 valence electrons. The lowest BCUT2D eigenvalue weighted by molar-refractivity contribution is -0.183. The van der Waals surface area contributed by atoms with Crippen LogP contribution in [0.2, 0.25) is 0 Å². The molecular weight excluding hydrogens is 303 g/mol. The first-order chi connectivity index (χ1) is 10.3. The molecule has 1 aromatic heterocycles. The van der Waals surface area contributed by atoms with Crippen molar-refractivity contribution in [1.82, 2.24) is 15.3 Å². The van der Waals surface area contributed by atoms with Crippen molar-refractivity contribution in [2.24, 2.45) is 5.92 Å². The molecule has 1 aliphatic rings. The van der Waals surface area contributed by atoms with Gasteiger partial charge in [-0.15, -0.1) is 0 Å². The molecular formula is C13H14F3N3O3. The van der Waals surface area contributed by atoms with Crippen LogP contribution >= 0.6 is 0 Å². The molecule has 6 nitrogen and oxygen atoms in total. The van der Waals surface area contributed by atoms with Crippen LogP contribution in [-0.4, -0.2) is 39.2 Å². The second kappa shape index (κ2) is 6.29. The van der Waals surface area contributed by atoms with Crippen LogP contribution in [0.25, 0.3) is 0 Å². The Morgan fingerprint density at radius 2 is 1.82 bits per heavy atom. The molecule has 0 saturated heterocycles. The number of aromatic nitrogens is 2. The Morgan fingerprint density at radius 3 is 2.36 bits per heavy atom. The van der Waals surface area contributed by atoms with E-state index in [0.717, 1.165) is 12.4 Å². The highest BCUT2D eigenvalue weighted by Gasteiger charge is 2.42. The maximum atomic E-state index is 12.7. The average molecular weight is 317 g/mol. The van der Waals surface area contributed by atoms with Gasteiger partial charge in [0.05, 0.1) is 18.3 Å². The number of carboxylic acid groups (broad SMARTS) is 1. The largest absolute Gasteiger partial charge is 0.476 e. The molecule has 2 N–H and O–H groups in total. The van der Waals surface area contributed by atoms with Gasteiger partial charge in [0.25, 0.3) is 5.91 Å². The van der Waals surface area contributed by atoms with Gasteiger partial charge < -0.3 is 10.4 Å². The number of nitrogens with one attached hydrogen (secondary N) is 1. The number of amides is 1. The number of carbonyl (C=O) groups excluding carboxylic acids is 1. The first kappa shape index (κ1) is 16.2. The fourth-order valence-electron chi connectivity index (χ4n) is 2.43. The minimum Gasteiger partial charge on any atom is -0.476 e. The number of hydrogen-bond acceptors (Lipinski definition) is 4. The first-order valence-electron chi connectivity index (χ1n) is 6.70. The summed E-state index contributed by atoms with van der Waals surface area (Å²) >= 11 is 0. The van der Waals surface area contributed by atoms with Crippen LogP contribution in [0, 0.1) is 5.92 Å². The third-order valence-electron chi connectivity index (χ3n) is 3.58. The van der Waals surface area contributed by atoms with Crippen molar-refractivity contribution in [1.29, 1.82) is 0 Å². The van der Waals surface area contributed by atoms with E-state index >= 15 is 0 Å².